The minimum atomic E-state index is -3.78. The van der Waals surface area contributed by atoms with Crippen LogP contribution < -0.4 is 4.31 Å². The first kappa shape index (κ1) is 14.8. The van der Waals surface area contributed by atoms with Gasteiger partial charge in [-0.15, -0.1) is 11.3 Å². The number of rotatable bonds is 4. The van der Waals surface area contributed by atoms with Crippen LogP contribution in [0.2, 0.25) is 4.34 Å². The highest BCUT2D eigenvalue weighted by Gasteiger charge is 2.24. The summed E-state index contributed by atoms with van der Waals surface area (Å²) in [5.41, 5.74) is 0.0724. The van der Waals surface area contributed by atoms with Crippen molar-refractivity contribution in [2.75, 3.05) is 11.4 Å². The van der Waals surface area contributed by atoms with Crippen molar-refractivity contribution in [2.24, 2.45) is 0 Å². The largest absolute Gasteiger partial charge is 0.478 e. The summed E-state index contributed by atoms with van der Waals surface area (Å²) in [6.07, 6.45) is 2.42. The van der Waals surface area contributed by atoms with Gasteiger partial charge < -0.3 is 5.11 Å². The van der Waals surface area contributed by atoms with Crippen LogP contribution in [0.15, 0.2) is 34.8 Å². The third kappa shape index (κ3) is 2.77. The lowest BCUT2D eigenvalue weighted by Gasteiger charge is -2.18. The van der Waals surface area contributed by atoms with Crippen LogP contribution in [-0.4, -0.2) is 31.5 Å². The number of thiophene rings is 1. The number of carbonyl (C=O) groups is 1. The summed E-state index contributed by atoms with van der Waals surface area (Å²) in [6.45, 7) is 0. The molecule has 0 saturated heterocycles. The molecule has 2 aromatic rings. The first-order valence-corrected chi connectivity index (χ1v) is 7.88. The number of aromatic nitrogens is 1. The lowest BCUT2D eigenvalue weighted by atomic mass is 10.3. The summed E-state index contributed by atoms with van der Waals surface area (Å²) in [6, 6.07) is 4.12. The molecule has 2 heterocycles. The van der Waals surface area contributed by atoms with Gasteiger partial charge in [0.1, 0.15) is 4.21 Å². The zero-order valence-corrected chi connectivity index (χ0v) is 12.5. The van der Waals surface area contributed by atoms with Crippen LogP contribution in [0.5, 0.6) is 0 Å². The number of carboxylic acids is 1. The third-order valence-electron chi connectivity index (χ3n) is 2.50. The van der Waals surface area contributed by atoms with Gasteiger partial charge in [-0.1, -0.05) is 11.6 Å². The van der Waals surface area contributed by atoms with E-state index >= 15 is 0 Å². The number of carboxylic acid groups (broad SMARTS) is 1. The molecule has 0 radical (unpaired) electrons. The maximum absolute atomic E-state index is 12.3. The van der Waals surface area contributed by atoms with Crippen LogP contribution in [0.1, 0.15) is 10.4 Å². The van der Waals surface area contributed by atoms with Crippen LogP contribution in [0.3, 0.4) is 0 Å². The van der Waals surface area contributed by atoms with Crippen LogP contribution in [0.4, 0.5) is 5.69 Å². The minimum absolute atomic E-state index is 0.0747. The van der Waals surface area contributed by atoms with E-state index in [1.54, 1.807) is 0 Å². The molecule has 0 amide bonds. The van der Waals surface area contributed by atoms with Gasteiger partial charge in [-0.2, -0.15) is 0 Å². The Morgan fingerprint density at radius 3 is 2.65 bits per heavy atom. The fourth-order valence-corrected chi connectivity index (χ4v) is 4.25. The standard InChI is InChI=1S/C11H9ClN2O4S2/c1-14(8-4-7(11(15)16)5-13-6-8)20(17,18)10-3-2-9(12)19-10/h2-6H,1H3,(H,15,16). The smallest absolute Gasteiger partial charge is 0.337 e. The lowest BCUT2D eigenvalue weighted by molar-refractivity contribution is 0.0696. The minimum Gasteiger partial charge on any atom is -0.478 e. The van der Waals surface area contributed by atoms with E-state index in [4.69, 9.17) is 16.7 Å². The Balaban J connectivity index is 2.43. The van der Waals surface area contributed by atoms with Gasteiger partial charge >= 0.3 is 5.97 Å². The number of halogens is 1. The first-order valence-electron chi connectivity index (χ1n) is 5.25. The predicted octanol–water partition coefficient (Wildman–Crippen LogP) is 2.32. The second kappa shape index (κ2) is 5.39. The van der Waals surface area contributed by atoms with E-state index in [9.17, 15) is 13.2 Å². The molecule has 0 aliphatic rings. The fraction of sp³-hybridized carbons (Fsp3) is 0.0909. The van der Waals surface area contributed by atoms with Gasteiger partial charge in [0.15, 0.2) is 0 Å². The van der Waals surface area contributed by atoms with Crippen molar-refractivity contribution in [2.45, 2.75) is 4.21 Å². The van der Waals surface area contributed by atoms with Gasteiger partial charge in [-0.3, -0.25) is 9.29 Å². The molecule has 1 N–H and O–H groups in total. The summed E-state index contributed by atoms with van der Waals surface area (Å²) >= 11 is 6.66. The molecule has 0 saturated carbocycles. The van der Waals surface area contributed by atoms with Gasteiger partial charge in [-0.25, -0.2) is 13.2 Å². The average molecular weight is 333 g/mol. The summed E-state index contributed by atoms with van der Waals surface area (Å²) in [5.74, 6) is -1.18. The van der Waals surface area contributed by atoms with E-state index in [0.29, 0.717) is 4.34 Å². The van der Waals surface area contributed by atoms with Crippen molar-refractivity contribution in [3.05, 3.63) is 40.5 Å². The van der Waals surface area contributed by atoms with Gasteiger partial charge in [0.25, 0.3) is 10.0 Å². The van der Waals surface area contributed by atoms with Crippen molar-refractivity contribution in [3.63, 3.8) is 0 Å². The number of anilines is 1. The Morgan fingerprint density at radius 2 is 2.10 bits per heavy atom. The summed E-state index contributed by atoms with van der Waals surface area (Å²) < 4.78 is 26.1. The van der Waals surface area contributed by atoms with Crippen LogP contribution >= 0.6 is 22.9 Å². The van der Waals surface area contributed by atoms with E-state index in [-0.39, 0.29) is 15.5 Å². The highest BCUT2D eigenvalue weighted by molar-refractivity contribution is 7.94. The van der Waals surface area contributed by atoms with Gasteiger partial charge in [-0.05, 0) is 18.2 Å². The molecule has 0 fully saturated rings. The molecule has 0 aliphatic carbocycles. The Labute approximate surface area is 124 Å². The maximum Gasteiger partial charge on any atom is 0.337 e. The second-order valence-electron chi connectivity index (χ2n) is 3.77. The number of pyridine rings is 1. The fourth-order valence-electron chi connectivity index (χ4n) is 1.43. The monoisotopic (exact) mass is 332 g/mol. The van der Waals surface area contributed by atoms with E-state index in [1.165, 1.54) is 31.4 Å². The van der Waals surface area contributed by atoms with Crippen molar-refractivity contribution in [3.8, 4) is 0 Å². The van der Waals surface area contributed by atoms with Crippen molar-refractivity contribution < 1.29 is 18.3 Å². The molecule has 0 atom stereocenters. The SMILES string of the molecule is CN(c1cncc(C(=O)O)c1)S(=O)(=O)c1ccc(Cl)s1. The van der Waals surface area contributed by atoms with Crippen molar-refractivity contribution >= 4 is 44.6 Å². The lowest BCUT2D eigenvalue weighted by Crippen LogP contribution is -2.26. The molecule has 9 heteroatoms. The molecule has 0 unspecified atom stereocenters. The number of hydrogen-bond donors (Lipinski definition) is 1. The molecule has 106 valence electrons. The van der Waals surface area contributed by atoms with Crippen LogP contribution in [-0.2, 0) is 10.0 Å². The molecule has 2 aromatic heterocycles. The third-order valence-corrected chi connectivity index (χ3v) is 5.98. The number of nitrogens with zero attached hydrogens (tertiary/aromatic N) is 2. The Hall–Kier alpha value is -1.64. The summed E-state index contributed by atoms with van der Waals surface area (Å²) in [7, 11) is -2.45. The molecule has 0 bridgehead atoms. The Bertz CT molecular complexity index is 757. The zero-order chi connectivity index (χ0) is 14.9. The topological polar surface area (TPSA) is 87.6 Å². The maximum atomic E-state index is 12.3. The quantitative estimate of drug-likeness (QED) is 0.928. The summed E-state index contributed by atoms with van der Waals surface area (Å²) in [5, 5.41) is 8.89. The first-order chi connectivity index (χ1) is 9.32. The highest BCUT2D eigenvalue weighted by atomic mass is 35.5. The van der Waals surface area contributed by atoms with Gasteiger partial charge in [0, 0.05) is 13.2 Å². The molecule has 2 rings (SSSR count). The van der Waals surface area contributed by atoms with E-state index in [1.807, 2.05) is 0 Å². The Morgan fingerprint density at radius 1 is 1.40 bits per heavy atom. The van der Waals surface area contributed by atoms with Gasteiger partial charge in [0.05, 0.1) is 21.8 Å². The molecular weight excluding hydrogens is 324 g/mol. The van der Waals surface area contributed by atoms with Crippen LogP contribution in [0, 0.1) is 0 Å². The average Bonchev–Trinajstić information content (AvgIpc) is 2.85. The zero-order valence-electron chi connectivity index (χ0n) is 10.1. The second-order valence-corrected chi connectivity index (χ2v) is 7.68. The molecule has 20 heavy (non-hydrogen) atoms. The molecular formula is C11H9ClN2O4S2. The normalized spacial score (nSPS) is 11.3. The van der Waals surface area contributed by atoms with E-state index in [2.05, 4.69) is 4.98 Å². The highest BCUT2D eigenvalue weighted by Crippen LogP contribution is 2.29. The number of aromatic carboxylic acids is 1. The predicted molar refractivity (Wildman–Crippen MR) is 76.1 cm³/mol. The van der Waals surface area contributed by atoms with Crippen molar-refractivity contribution in [1.82, 2.24) is 4.98 Å². The molecule has 6 nitrogen and oxygen atoms in total. The number of sulfonamides is 1. The molecule has 0 spiro atoms. The molecule has 0 aliphatic heterocycles. The summed E-state index contributed by atoms with van der Waals surface area (Å²) in [4.78, 5) is 14.6. The Kier molecular flexibility index (Phi) is 3.98. The van der Waals surface area contributed by atoms with Crippen molar-refractivity contribution in [1.29, 1.82) is 0 Å². The van der Waals surface area contributed by atoms with E-state index in [0.717, 1.165) is 21.8 Å². The number of hydrogen-bond acceptors (Lipinski definition) is 5. The van der Waals surface area contributed by atoms with Gasteiger partial charge in [0.2, 0.25) is 0 Å². The van der Waals surface area contributed by atoms with E-state index < -0.39 is 16.0 Å². The molecule has 0 aromatic carbocycles. The van der Waals surface area contributed by atoms with Crippen LogP contribution in [0.25, 0.3) is 0 Å².